The Kier molecular flexibility index (Phi) is 4.41. The minimum atomic E-state index is -5.38. The summed E-state index contributed by atoms with van der Waals surface area (Å²) in [4.78, 5) is -0.845. The maximum absolute atomic E-state index is 12.5. The van der Waals surface area contributed by atoms with Gasteiger partial charge in [-0.05, 0) is 36.4 Å². The van der Waals surface area contributed by atoms with Gasteiger partial charge in [-0.2, -0.15) is 18.3 Å². The number of azo groups is 1. The minimum Gasteiger partial charge on any atom is -0.398 e. The van der Waals surface area contributed by atoms with Crippen LogP contribution in [-0.2, 0) is 9.84 Å². The van der Waals surface area contributed by atoms with Gasteiger partial charge in [0.05, 0.1) is 16.3 Å². The molecule has 26 heavy (non-hydrogen) atoms. The fourth-order valence-electron chi connectivity index (χ4n) is 2.33. The summed E-state index contributed by atoms with van der Waals surface area (Å²) in [5, 5.41) is 9.61. The molecule has 0 fully saturated rings. The van der Waals surface area contributed by atoms with Crippen LogP contribution in [0.5, 0.6) is 0 Å². The van der Waals surface area contributed by atoms with Gasteiger partial charge in [0.25, 0.3) is 9.84 Å². The molecular weight excluding hydrogens is 367 g/mol. The van der Waals surface area contributed by atoms with E-state index in [4.69, 9.17) is 5.73 Å². The quantitative estimate of drug-likeness (QED) is 0.506. The third kappa shape index (κ3) is 3.25. The van der Waals surface area contributed by atoms with Gasteiger partial charge in [-0.3, -0.25) is 0 Å². The number of nitrogens with two attached hydrogens (primary N) is 1. The molecule has 0 unspecified atom stereocenters. The predicted molar refractivity (Wildman–Crippen MR) is 92.2 cm³/mol. The minimum absolute atomic E-state index is 0.215. The number of sulfone groups is 1. The summed E-state index contributed by atoms with van der Waals surface area (Å²) in [6, 6.07) is 14.6. The van der Waals surface area contributed by atoms with E-state index in [1.54, 1.807) is 12.1 Å². The maximum Gasteiger partial charge on any atom is 0.501 e. The van der Waals surface area contributed by atoms with Crippen molar-refractivity contribution in [2.75, 3.05) is 5.73 Å². The van der Waals surface area contributed by atoms with Crippen LogP contribution in [0.3, 0.4) is 0 Å². The van der Waals surface area contributed by atoms with Gasteiger partial charge in [-0.15, -0.1) is 5.11 Å². The number of anilines is 1. The fourth-order valence-corrected chi connectivity index (χ4v) is 3.09. The molecule has 134 valence electrons. The number of nitrogen functional groups attached to an aromatic ring is 1. The predicted octanol–water partition coefficient (Wildman–Crippen LogP) is 5.13. The summed E-state index contributed by atoms with van der Waals surface area (Å²) in [5.41, 5.74) is 1.88. The first-order valence-corrected chi connectivity index (χ1v) is 8.79. The Labute approximate surface area is 146 Å². The third-order valence-electron chi connectivity index (χ3n) is 3.66. The Balaban J connectivity index is 1.92. The van der Waals surface area contributed by atoms with Gasteiger partial charge < -0.3 is 5.73 Å². The number of nitrogens with zero attached hydrogens (tertiary/aromatic N) is 2. The number of halogens is 3. The van der Waals surface area contributed by atoms with E-state index in [1.165, 1.54) is 0 Å². The average molecular weight is 379 g/mol. The smallest absolute Gasteiger partial charge is 0.398 e. The van der Waals surface area contributed by atoms with E-state index in [1.807, 2.05) is 24.3 Å². The molecule has 0 aliphatic carbocycles. The lowest BCUT2D eigenvalue weighted by Gasteiger charge is -2.07. The molecule has 0 heterocycles. The molecule has 0 amide bonds. The number of fused-ring (bicyclic) bond motifs is 1. The molecule has 0 saturated heterocycles. The van der Waals surface area contributed by atoms with Crippen LogP contribution in [0, 0.1) is 0 Å². The summed E-state index contributed by atoms with van der Waals surface area (Å²) in [6.07, 6.45) is 0. The van der Waals surface area contributed by atoms with Crippen LogP contribution >= 0.6 is 0 Å². The van der Waals surface area contributed by atoms with Crippen molar-refractivity contribution in [3.8, 4) is 0 Å². The molecule has 3 rings (SSSR count). The molecule has 0 atom stereocenters. The molecular formula is C17H12F3N3O2S. The molecule has 2 N–H and O–H groups in total. The van der Waals surface area contributed by atoms with Gasteiger partial charge >= 0.3 is 5.51 Å². The highest BCUT2D eigenvalue weighted by atomic mass is 32.2. The Morgan fingerprint density at radius 1 is 0.808 bits per heavy atom. The molecule has 0 spiro atoms. The van der Waals surface area contributed by atoms with Crippen LogP contribution in [-0.4, -0.2) is 13.9 Å². The lowest BCUT2D eigenvalue weighted by atomic mass is 10.1. The lowest BCUT2D eigenvalue weighted by molar-refractivity contribution is -0.0436. The summed E-state index contributed by atoms with van der Waals surface area (Å²) < 4.78 is 60.3. The zero-order valence-electron chi connectivity index (χ0n) is 13.1. The third-order valence-corrected chi connectivity index (χ3v) is 5.16. The van der Waals surface area contributed by atoms with Crippen LogP contribution in [0.2, 0.25) is 0 Å². The molecule has 0 radical (unpaired) electrons. The molecule has 0 aliphatic heterocycles. The molecule has 3 aromatic rings. The van der Waals surface area contributed by atoms with Gasteiger partial charge in [-0.1, -0.05) is 24.3 Å². The average Bonchev–Trinajstić information content (AvgIpc) is 2.61. The molecule has 0 aromatic heterocycles. The number of hydrogen-bond donors (Lipinski definition) is 1. The van der Waals surface area contributed by atoms with Crippen molar-refractivity contribution in [2.45, 2.75) is 10.4 Å². The van der Waals surface area contributed by atoms with E-state index in [0.717, 1.165) is 35.0 Å². The molecule has 0 bridgehead atoms. The number of hydrogen-bond acceptors (Lipinski definition) is 5. The van der Waals surface area contributed by atoms with Gasteiger partial charge in [0.2, 0.25) is 0 Å². The fraction of sp³-hybridized carbons (Fsp3) is 0.0588. The zero-order valence-corrected chi connectivity index (χ0v) is 13.9. The Hall–Kier alpha value is -2.94. The van der Waals surface area contributed by atoms with E-state index in [0.29, 0.717) is 11.4 Å². The Morgan fingerprint density at radius 2 is 1.42 bits per heavy atom. The Morgan fingerprint density at radius 3 is 2.04 bits per heavy atom. The van der Waals surface area contributed by atoms with Crippen LogP contribution in [0.25, 0.3) is 10.8 Å². The largest absolute Gasteiger partial charge is 0.501 e. The van der Waals surface area contributed by atoms with Crippen molar-refractivity contribution in [1.29, 1.82) is 0 Å². The molecule has 0 aliphatic rings. The van der Waals surface area contributed by atoms with Gasteiger partial charge in [0, 0.05) is 16.5 Å². The SMILES string of the molecule is Nc1ccc(N=Nc2ccc(S(=O)(=O)C(F)(F)F)cc2)c2ccccc12. The molecule has 3 aromatic carbocycles. The first kappa shape index (κ1) is 17.9. The summed E-state index contributed by atoms with van der Waals surface area (Å²) in [7, 11) is -5.38. The summed E-state index contributed by atoms with van der Waals surface area (Å²) >= 11 is 0. The maximum atomic E-state index is 12.5. The standard InChI is InChI=1S/C17H12F3N3O2S/c18-17(19,20)26(24,25)12-7-5-11(6-8-12)22-23-16-10-9-15(21)13-3-1-2-4-14(13)16/h1-10H,21H2. The van der Waals surface area contributed by atoms with E-state index >= 15 is 0 Å². The molecule has 9 heteroatoms. The lowest BCUT2D eigenvalue weighted by Crippen LogP contribution is -2.23. The van der Waals surface area contributed by atoms with E-state index < -0.39 is 20.2 Å². The first-order chi connectivity index (χ1) is 12.2. The normalized spacial score (nSPS) is 12.7. The first-order valence-electron chi connectivity index (χ1n) is 7.30. The van der Waals surface area contributed by atoms with E-state index in [2.05, 4.69) is 10.2 Å². The summed E-state index contributed by atoms with van der Waals surface area (Å²) in [6.45, 7) is 0. The van der Waals surface area contributed by atoms with Crippen molar-refractivity contribution >= 4 is 37.7 Å². The van der Waals surface area contributed by atoms with Gasteiger partial charge in [0.1, 0.15) is 0 Å². The molecule has 0 saturated carbocycles. The van der Waals surface area contributed by atoms with Crippen molar-refractivity contribution < 1.29 is 21.6 Å². The highest BCUT2D eigenvalue weighted by molar-refractivity contribution is 7.92. The van der Waals surface area contributed by atoms with Crippen molar-refractivity contribution in [3.05, 3.63) is 60.7 Å². The number of alkyl halides is 3. The highest BCUT2D eigenvalue weighted by Gasteiger charge is 2.46. The van der Waals surface area contributed by atoms with Crippen molar-refractivity contribution in [2.24, 2.45) is 10.2 Å². The second kappa shape index (κ2) is 6.41. The van der Waals surface area contributed by atoms with Crippen molar-refractivity contribution in [3.63, 3.8) is 0 Å². The second-order valence-electron chi connectivity index (χ2n) is 5.36. The van der Waals surface area contributed by atoms with Crippen molar-refractivity contribution in [1.82, 2.24) is 0 Å². The van der Waals surface area contributed by atoms with Gasteiger partial charge in [0.15, 0.2) is 0 Å². The monoisotopic (exact) mass is 379 g/mol. The van der Waals surface area contributed by atoms with Crippen LogP contribution < -0.4 is 5.73 Å². The number of rotatable bonds is 3. The van der Waals surface area contributed by atoms with E-state index in [-0.39, 0.29) is 5.69 Å². The second-order valence-corrected chi connectivity index (χ2v) is 7.30. The zero-order chi connectivity index (χ0) is 18.9. The topological polar surface area (TPSA) is 84.9 Å². The Bertz CT molecular complexity index is 1090. The van der Waals surface area contributed by atoms with Crippen LogP contribution in [0.4, 0.5) is 30.2 Å². The van der Waals surface area contributed by atoms with E-state index in [9.17, 15) is 21.6 Å². The van der Waals surface area contributed by atoms with Gasteiger partial charge in [-0.25, -0.2) is 8.42 Å². The highest BCUT2D eigenvalue weighted by Crippen LogP contribution is 2.33. The summed E-state index contributed by atoms with van der Waals surface area (Å²) in [5.74, 6) is 0. The number of benzene rings is 3. The molecule has 5 nitrogen and oxygen atoms in total. The van der Waals surface area contributed by atoms with Crippen LogP contribution in [0.15, 0.2) is 75.8 Å². The van der Waals surface area contributed by atoms with Crippen LogP contribution in [0.1, 0.15) is 0 Å².